The molecule has 7 nitrogen and oxygen atoms in total. The quantitative estimate of drug-likeness (QED) is 0.569. The molecule has 1 aliphatic heterocycles. The van der Waals surface area contributed by atoms with Gasteiger partial charge < -0.3 is 10.1 Å². The van der Waals surface area contributed by atoms with Crippen molar-refractivity contribution in [2.45, 2.75) is 32.5 Å². The zero-order valence-corrected chi connectivity index (χ0v) is 18.9. The number of rotatable bonds is 6. The molecule has 1 N–H and O–H groups in total. The van der Waals surface area contributed by atoms with Gasteiger partial charge in [-0.3, -0.25) is 4.79 Å². The molecule has 1 aliphatic rings. The minimum absolute atomic E-state index is 0.0132. The van der Waals surface area contributed by atoms with E-state index in [1.54, 1.807) is 0 Å². The zero-order chi connectivity index (χ0) is 22.0. The fraction of sp³-hybridized carbons (Fsp3) is 0.273. The van der Waals surface area contributed by atoms with Gasteiger partial charge in [-0.25, -0.2) is 13.4 Å². The molecule has 162 valence electrons. The monoisotopic (exact) mass is 457 g/mol. The van der Waals surface area contributed by atoms with Gasteiger partial charge in [0.05, 0.1) is 11.9 Å². The number of fused-ring (bicyclic) bond motifs is 1. The first-order valence-electron chi connectivity index (χ1n) is 9.78. The maximum Gasteiger partial charge on any atom is 0.325 e. The lowest BCUT2D eigenvalue weighted by Gasteiger charge is -2.33. The standard InChI is InChI=1S/C22H23N3O4S2/c1-15-7-9-18(10-8-15)23-22-24-19(14-30-22)13-29-21(26)20-11-16-5-3-4-6-17(16)12-25(20)31(2,27)28/h3-10,14,20H,11-13H2,1-2H3,(H,23,24)/t20-/m0/s1. The van der Waals surface area contributed by atoms with Gasteiger partial charge in [0.25, 0.3) is 0 Å². The van der Waals surface area contributed by atoms with Crippen LogP contribution in [0.5, 0.6) is 0 Å². The molecule has 0 saturated heterocycles. The predicted molar refractivity (Wildman–Crippen MR) is 121 cm³/mol. The fourth-order valence-corrected chi connectivity index (χ4v) is 5.19. The average Bonchev–Trinajstić information content (AvgIpc) is 3.19. The van der Waals surface area contributed by atoms with Crippen molar-refractivity contribution in [3.63, 3.8) is 0 Å². The van der Waals surface area contributed by atoms with Crippen molar-refractivity contribution in [3.8, 4) is 0 Å². The van der Waals surface area contributed by atoms with Crippen LogP contribution in [0.25, 0.3) is 0 Å². The van der Waals surface area contributed by atoms with Gasteiger partial charge in [0.15, 0.2) is 5.13 Å². The van der Waals surface area contributed by atoms with Crippen LogP contribution in [0, 0.1) is 6.92 Å². The third-order valence-electron chi connectivity index (χ3n) is 5.12. The topological polar surface area (TPSA) is 88.6 Å². The van der Waals surface area contributed by atoms with Crippen molar-refractivity contribution in [2.24, 2.45) is 0 Å². The van der Waals surface area contributed by atoms with E-state index in [2.05, 4.69) is 10.3 Å². The first-order chi connectivity index (χ1) is 14.8. The highest BCUT2D eigenvalue weighted by atomic mass is 32.2. The van der Waals surface area contributed by atoms with Crippen molar-refractivity contribution in [3.05, 3.63) is 76.3 Å². The molecule has 4 rings (SSSR count). The molecule has 0 radical (unpaired) electrons. The van der Waals surface area contributed by atoms with E-state index in [9.17, 15) is 13.2 Å². The Morgan fingerprint density at radius 1 is 1.19 bits per heavy atom. The van der Waals surface area contributed by atoms with Crippen molar-refractivity contribution < 1.29 is 17.9 Å². The van der Waals surface area contributed by atoms with Crippen molar-refractivity contribution in [1.29, 1.82) is 0 Å². The van der Waals surface area contributed by atoms with E-state index in [1.807, 2.05) is 60.8 Å². The number of esters is 1. The van der Waals surface area contributed by atoms with Crippen LogP contribution in [0.15, 0.2) is 53.9 Å². The van der Waals surface area contributed by atoms with Gasteiger partial charge in [-0.1, -0.05) is 42.0 Å². The van der Waals surface area contributed by atoms with E-state index in [1.165, 1.54) is 21.2 Å². The van der Waals surface area contributed by atoms with E-state index in [0.29, 0.717) is 17.2 Å². The number of nitrogens with one attached hydrogen (secondary N) is 1. The molecule has 1 atom stereocenters. The molecule has 0 amide bonds. The number of sulfonamides is 1. The SMILES string of the molecule is Cc1ccc(Nc2nc(COC(=O)[C@@H]3Cc4ccccc4CN3S(C)(=O)=O)cs2)cc1. The molecule has 3 aromatic rings. The number of hydrogen-bond donors (Lipinski definition) is 1. The molecular weight excluding hydrogens is 434 g/mol. The summed E-state index contributed by atoms with van der Waals surface area (Å²) < 4.78 is 31.2. The summed E-state index contributed by atoms with van der Waals surface area (Å²) in [5.41, 5.74) is 4.57. The third kappa shape index (κ3) is 5.12. The van der Waals surface area contributed by atoms with Gasteiger partial charge in [-0.05, 0) is 30.2 Å². The molecule has 0 fully saturated rings. The minimum atomic E-state index is -3.57. The maximum atomic E-state index is 12.8. The normalized spacial score (nSPS) is 16.5. The molecule has 2 aromatic carbocycles. The van der Waals surface area contributed by atoms with Crippen LogP contribution in [-0.2, 0) is 39.1 Å². The maximum absolute atomic E-state index is 12.8. The fourth-order valence-electron chi connectivity index (χ4n) is 3.48. The molecule has 1 aromatic heterocycles. The van der Waals surface area contributed by atoms with Crippen LogP contribution in [0.4, 0.5) is 10.8 Å². The molecule has 0 unspecified atom stereocenters. The second-order valence-electron chi connectivity index (χ2n) is 7.54. The number of hydrogen-bond acceptors (Lipinski definition) is 7. The number of carbonyl (C=O) groups is 1. The molecule has 0 bridgehead atoms. The Hall–Kier alpha value is -2.75. The smallest absolute Gasteiger partial charge is 0.325 e. The van der Waals surface area contributed by atoms with Crippen LogP contribution in [-0.4, -0.2) is 36.0 Å². The Morgan fingerprint density at radius 3 is 2.61 bits per heavy atom. The molecular formula is C22H23N3O4S2. The van der Waals surface area contributed by atoms with Crippen LogP contribution in [0.3, 0.4) is 0 Å². The lowest BCUT2D eigenvalue weighted by Crippen LogP contribution is -2.48. The number of benzene rings is 2. The highest BCUT2D eigenvalue weighted by molar-refractivity contribution is 7.88. The van der Waals surface area contributed by atoms with Gasteiger partial charge in [0, 0.05) is 24.0 Å². The Kier molecular flexibility index (Phi) is 6.08. The van der Waals surface area contributed by atoms with Crippen LogP contribution < -0.4 is 5.32 Å². The Balaban J connectivity index is 1.42. The minimum Gasteiger partial charge on any atom is -0.458 e. The molecule has 9 heteroatoms. The van der Waals surface area contributed by atoms with E-state index in [4.69, 9.17) is 4.74 Å². The van der Waals surface area contributed by atoms with E-state index < -0.39 is 22.0 Å². The summed E-state index contributed by atoms with van der Waals surface area (Å²) in [7, 11) is -3.57. The van der Waals surface area contributed by atoms with Crippen molar-refractivity contribution in [2.75, 3.05) is 11.6 Å². The number of aromatic nitrogens is 1. The summed E-state index contributed by atoms with van der Waals surface area (Å²) >= 11 is 1.41. The Bertz CT molecular complexity index is 1190. The summed E-state index contributed by atoms with van der Waals surface area (Å²) in [4.78, 5) is 17.2. The van der Waals surface area contributed by atoms with Gasteiger partial charge >= 0.3 is 5.97 Å². The number of nitrogens with zero attached hydrogens (tertiary/aromatic N) is 2. The van der Waals surface area contributed by atoms with Crippen LogP contribution in [0.2, 0.25) is 0 Å². The predicted octanol–water partition coefficient (Wildman–Crippen LogP) is 3.62. The summed E-state index contributed by atoms with van der Waals surface area (Å²) in [5.74, 6) is -0.569. The highest BCUT2D eigenvalue weighted by Gasteiger charge is 2.37. The lowest BCUT2D eigenvalue weighted by atomic mass is 9.96. The van der Waals surface area contributed by atoms with E-state index >= 15 is 0 Å². The van der Waals surface area contributed by atoms with E-state index in [-0.39, 0.29) is 13.2 Å². The number of thiazole rings is 1. The summed E-state index contributed by atoms with van der Waals surface area (Å²) in [6.45, 7) is 2.17. The molecule has 31 heavy (non-hydrogen) atoms. The molecule has 2 heterocycles. The van der Waals surface area contributed by atoms with Crippen molar-refractivity contribution in [1.82, 2.24) is 9.29 Å². The number of anilines is 2. The van der Waals surface area contributed by atoms with Crippen LogP contribution >= 0.6 is 11.3 Å². The van der Waals surface area contributed by atoms with Gasteiger partial charge in [0.2, 0.25) is 10.0 Å². The zero-order valence-electron chi connectivity index (χ0n) is 17.2. The van der Waals surface area contributed by atoms with Gasteiger partial charge in [0.1, 0.15) is 12.6 Å². The van der Waals surface area contributed by atoms with Crippen molar-refractivity contribution >= 4 is 38.1 Å². The second kappa shape index (κ2) is 8.78. The third-order valence-corrected chi connectivity index (χ3v) is 7.16. The second-order valence-corrected chi connectivity index (χ2v) is 10.3. The molecule has 0 spiro atoms. The van der Waals surface area contributed by atoms with E-state index in [0.717, 1.165) is 23.1 Å². The first kappa shape index (κ1) is 21.5. The van der Waals surface area contributed by atoms with Crippen LogP contribution in [0.1, 0.15) is 22.4 Å². The summed E-state index contributed by atoms with van der Waals surface area (Å²) in [6, 6.07) is 14.6. The Morgan fingerprint density at radius 2 is 1.90 bits per heavy atom. The molecule has 0 aliphatic carbocycles. The number of carbonyl (C=O) groups excluding carboxylic acids is 1. The largest absolute Gasteiger partial charge is 0.458 e. The van der Waals surface area contributed by atoms with Gasteiger partial charge in [-0.2, -0.15) is 4.31 Å². The molecule has 0 saturated carbocycles. The first-order valence-corrected chi connectivity index (χ1v) is 12.5. The lowest BCUT2D eigenvalue weighted by molar-refractivity contribution is -0.150. The number of aryl methyl sites for hydroxylation is 1. The van der Waals surface area contributed by atoms with Gasteiger partial charge in [-0.15, -0.1) is 11.3 Å². The summed E-state index contributed by atoms with van der Waals surface area (Å²) in [5, 5.41) is 5.73. The highest BCUT2D eigenvalue weighted by Crippen LogP contribution is 2.27. The average molecular weight is 458 g/mol. The number of ether oxygens (including phenoxy) is 1. The summed E-state index contributed by atoms with van der Waals surface area (Å²) in [6.07, 6.45) is 1.41. The Labute approximate surface area is 185 Å².